The van der Waals surface area contributed by atoms with Gasteiger partial charge in [-0.3, -0.25) is 4.79 Å². The number of nitrogens with one attached hydrogen (secondary N) is 1. The topological polar surface area (TPSA) is 91.3 Å². The van der Waals surface area contributed by atoms with E-state index in [0.29, 0.717) is 22.1 Å². The summed E-state index contributed by atoms with van der Waals surface area (Å²) in [6.45, 7) is 1.58. The molecule has 26 heavy (non-hydrogen) atoms. The number of rotatable bonds is 6. The van der Waals surface area contributed by atoms with Crippen LogP contribution in [-0.4, -0.2) is 16.9 Å². The van der Waals surface area contributed by atoms with E-state index in [0.717, 1.165) is 17.1 Å². The van der Waals surface area contributed by atoms with Gasteiger partial charge in [-0.2, -0.15) is 0 Å². The highest BCUT2D eigenvalue weighted by molar-refractivity contribution is 7.13. The average Bonchev–Trinajstić information content (AvgIpc) is 2.98. The van der Waals surface area contributed by atoms with Gasteiger partial charge in [-0.1, -0.05) is 18.2 Å². The SMILES string of the molecule is Cc1nc(CC(=O)Nc2ccc(Oc3ccccc3)cc2)sc1C(=O)[O-]. The fourth-order valence-corrected chi connectivity index (χ4v) is 3.19. The van der Waals surface area contributed by atoms with E-state index in [2.05, 4.69) is 10.3 Å². The van der Waals surface area contributed by atoms with E-state index in [1.165, 1.54) is 0 Å². The number of carbonyl (C=O) groups is 2. The number of carboxylic acid groups (broad SMARTS) is 1. The van der Waals surface area contributed by atoms with Crippen LogP contribution in [0.3, 0.4) is 0 Å². The number of ether oxygens (including phenoxy) is 1. The number of aromatic carboxylic acids is 1. The van der Waals surface area contributed by atoms with E-state index in [4.69, 9.17) is 4.74 Å². The molecular formula is C19H15N2O4S-. The maximum Gasteiger partial charge on any atom is 0.231 e. The van der Waals surface area contributed by atoms with E-state index in [9.17, 15) is 14.7 Å². The van der Waals surface area contributed by atoms with Crippen LogP contribution in [0.5, 0.6) is 11.5 Å². The minimum absolute atomic E-state index is 0.00105. The lowest BCUT2D eigenvalue weighted by Gasteiger charge is -2.07. The number of anilines is 1. The summed E-state index contributed by atoms with van der Waals surface area (Å²) in [5, 5.41) is 14.1. The van der Waals surface area contributed by atoms with Crippen LogP contribution in [0.2, 0.25) is 0 Å². The molecule has 3 rings (SSSR count). The Morgan fingerprint density at radius 2 is 1.73 bits per heavy atom. The van der Waals surface area contributed by atoms with Crippen LogP contribution < -0.4 is 15.2 Å². The highest BCUT2D eigenvalue weighted by Crippen LogP contribution is 2.23. The Hall–Kier alpha value is -3.19. The van der Waals surface area contributed by atoms with Gasteiger partial charge in [-0.25, -0.2) is 4.98 Å². The van der Waals surface area contributed by atoms with Gasteiger partial charge in [0.05, 0.1) is 23.0 Å². The first-order chi connectivity index (χ1) is 12.5. The molecule has 1 heterocycles. The molecule has 0 bridgehead atoms. The predicted molar refractivity (Wildman–Crippen MR) is 96.5 cm³/mol. The Balaban J connectivity index is 1.59. The number of carboxylic acids is 1. The molecular weight excluding hydrogens is 352 g/mol. The lowest BCUT2D eigenvalue weighted by Crippen LogP contribution is -2.21. The summed E-state index contributed by atoms with van der Waals surface area (Å²) in [7, 11) is 0. The van der Waals surface area contributed by atoms with Gasteiger partial charge in [0, 0.05) is 5.69 Å². The minimum atomic E-state index is -1.28. The third-order valence-corrected chi connectivity index (χ3v) is 4.59. The largest absolute Gasteiger partial charge is 0.544 e. The van der Waals surface area contributed by atoms with Gasteiger partial charge >= 0.3 is 0 Å². The molecule has 0 spiro atoms. The van der Waals surface area contributed by atoms with Gasteiger partial charge in [-0.15, -0.1) is 11.3 Å². The average molecular weight is 367 g/mol. The third kappa shape index (κ3) is 4.46. The molecule has 0 unspecified atom stereocenters. The number of hydrogen-bond donors (Lipinski definition) is 1. The van der Waals surface area contributed by atoms with Gasteiger partial charge in [0.15, 0.2) is 0 Å². The van der Waals surface area contributed by atoms with Crippen LogP contribution >= 0.6 is 11.3 Å². The summed E-state index contributed by atoms with van der Waals surface area (Å²) < 4.78 is 5.69. The maximum absolute atomic E-state index is 12.1. The fourth-order valence-electron chi connectivity index (χ4n) is 2.29. The molecule has 1 N–H and O–H groups in total. The number of amides is 1. The zero-order valence-corrected chi connectivity index (χ0v) is 14.7. The molecule has 0 saturated carbocycles. The van der Waals surface area contributed by atoms with E-state index >= 15 is 0 Å². The highest BCUT2D eigenvalue weighted by atomic mass is 32.1. The number of aryl methyl sites for hydroxylation is 1. The van der Waals surface area contributed by atoms with Crippen molar-refractivity contribution in [2.24, 2.45) is 0 Å². The number of hydrogen-bond acceptors (Lipinski definition) is 6. The molecule has 0 fully saturated rings. The molecule has 0 atom stereocenters. The summed E-state index contributed by atoms with van der Waals surface area (Å²) in [6.07, 6.45) is 0.00105. The lowest BCUT2D eigenvalue weighted by atomic mass is 10.3. The van der Waals surface area contributed by atoms with Crippen molar-refractivity contribution in [1.82, 2.24) is 4.98 Å². The second-order valence-electron chi connectivity index (χ2n) is 5.47. The summed E-state index contributed by atoms with van der Waals surface area (Å²) in [6, 6.07) is 16.4. The number of aromatic nitrogens is 1. The van der Waals surface area contributed by atoms with E-state index in [1.807, 2.05) is 30.3 Å². The molecule has 2 aromatic carbocycles. The first-order valence-electron chi connectivity index (χ1n) is 7.82. The number of nitrogens with zero attached hydrogens (tertiary/aromatic N) is 1. The van der Waals surface area contributed by atoms with Crippen LogP contribution in [0.4, 0.5) is 5.69 Å². The maximum atomic E-state index is 12.1. The smallest absolute Gasteiger partial charge is 0.231 e. The molecule has 0 aliphatic heterocycles. The Morgan fingerprint density at radius 1 is 1.08 bits per heavy atom. The summed E-state index contributed by atoms with van der Waals surface area (Å²) in [5.41, 5.74) is 0.976. The zero-order chi connectivity index (χ0) is 18.5. The monoisotopic (exact) mass is 367 g/mol. The normalized spacial score (nSPS) is 10.3. The minimum Gasteiger partial charge on any atom is -0.544 e. The van der Waals surface area contributed by atoms with Crippen LogP contribution in [-0.2, 0) is 11.2 Å². The molecule has 1 amide bonds. The molecule has 1 aromatic heterocycles. The van der Waals surface area contributed by atoms with Crippen LogP contribution in [0.1, 0.15) is 20.4 Å². The van der Waals surface area contributed by atoms with Crippen molar-refractivity contribution in [3.05, 3.63) is 70.2 Å². The molecule has 0 aliphatic rings. The Kier molecular flexibility index (Phi) is 5.28. The third-order valence-electron chi connectivity index (χ3n) is 3.46. The van der Waals surface area contributed by atoms with Crippen molar-refractivity contribution >= 4 is 28.9 Å². The van der Waals surface area contributed by atoms with E-state index < -0.39 is 5.97 Å². The Labute approximate surface area is 154 Å². The molecule has 0 aliphatic carbocycles. The van der Waals surface area contributed by atoms with E-state index in [-0.39, 0.29) is 17.2 Å². The Morgan fingerprint density at radius 3 is 2.35 bits per heavy atom. The number of para-hydroxylation sites is 1. The first-order valence-corrected chi connectivity index (χ1v) is 8.63. The van der Waals surface area contributed by atoms with Crippen molar-refractivity contribution in [1.29, 1.82) is 0 Å². The second kappa shape index (κ2) is 7.79. The van der Waals surface area contributed by atoms with E-state index in [1.54, 1.807) is 31.2 Å². The van der Waals surface area contributed by atoms with Gasteiger partial charge in [0.25, 0.3) is 0 Å². The van der Waals surface area contributed by atoms with Gasteiger partial charge in [0.1, 0.15) is 16.5 Å². The number of carbonyl (C=O) groups excluding carboxylic acids is 2. The molecule has 7 heteroatoms. The number of thiazole rings is 1. The first kappa shape index (κ1) is 17.6. The van der Waals surface area contributed by atoms with Crippen molar-refractivity contribution in [2.75, 3.05) is 5.32 Å². The van der Waals surface area contributed by atoms with Crippen molar-refractivity contribution in [3.63, 3.8) is 0 Å². The van der Waals surface area contributed by atoms with Gasteiger partial charge in [0.2, 0.25) is 5.91 Å². The van der Waals surface area contributed by atoms with Crippen LogP contribution in [0, 0.1) is 6.92 Å². The fraction of sp³-hybridized carbons (Fsp3) is 0.105. The standard InChI is InChI=1S/C19H16N2O4S/c1-12-18(19(23)24)26-17(20-12)11-16(22)21-13-7-9-15(10-8-13)25-14-5-3-2-4-6-14/h2-10H,11H2,1H3,(H,21,22)(H,23,24)/p-1. The van der Waals surface area contributed by atoms with Crippen LogP contribution in [0.25, 0.3) is 0 Å². The number of benzene rings is 2. The predicted octanol–water partition coefficient (Wildman–Crippen LogP) is 2.79. The highest BCUT2D eigenvalue weighted by Gasteiger charge is 2.12. The molecule has 0 saturated heterocycles. The Bertz CT molecular complexity index is 920. The summed E-state index contributed by atoms with van der Waals surface area (Å²) in [5.74, 6) is -0.170. The van der Waals surface area contributed by atoms with Crippen LogP contribution in [0.15, 0.2) is 54.6 Å². The molecule has 0 radical (unpaired) electrons. The lowest BCUT2D eigenvalue weighted by molar-refractivity contribution is -0.254. The summed E-state index contributed by atoms with van der Waals surface area (Å²) in [4.78, 5) is 27.2. The van der Waals surface area contributed by atoms with Gasteiger partial charge < -0.3 is 20.0 Å². The van der Waals surface area contributed by atoms with Crippen molar-refractivity contribution in [3.8, 4) is 11.5 Å². The van der Waals surface area contributed by atoms with Gasteiger partial charge in [-0.05, 0) is 43.3 Å². The molecule has 3 aromatic rings. The van der Waals surface area contributed by atoms with Crippen molar-refractivity contribution in [2.45, 2.75) is 13.3 Å². The molecule has 6 nitrogen and oxygen atoms in total. The second-order valence-corrected chi connectivity index (χ2v) is 6.56. The zero-order valence-electron chi connectivity index (χ0n) is 13.9. The summed E-state index contributed by atoms with van der Waals surface area (Å²) >= 11 is 0.956. The quantitative estimate of drug-likeness (QED) is 0.723. The van der Waals surface area contributed by atoms with Crippen molar-refractivity contribution < 1.29 is 19.4 Å². The molecule has 132 valence electrons.